The zero-order valence-corrected chi connectivity index (χ0v) is 34.8. The number of likely N-dealkylation sites (N-methyl/N-ethyl adjacent to an activating group) is 2. The summed E-state index contributed by atoms with van der Waals surface area (Å²) in [4.78, 5) is 63.1. The second-order valence-corrected chi connectivity index (χ2v) is 17.0. The maximum Gasteiger partial charge on any atom is 0.315 e. The van der Waals surface area contributed by atoms with Crippen LogP contribution in [0, 0.1) is 11.8 Å². The van der Waals surface area contributed by atoms with Gasteiger partial charge in [0.1, 0.15) is 6.29 Å². The summed E-state index contributed by atoms with van der Waals surface area (Å²) in [5, 5.41) is 11.5. The zero-order valence-electron chi connectivity index (χ0n) is 34.0. The molecule has 0 radical (unpaired) electrons. The van der Waals surface area contributed by atoms with Crippen molar-refractivity contribution >= 4 is 40.7 Å². The molecule has 12 heteroatoms. The van der Waals surface area contributed by atoms with Gasteiger partial charge in [-0.25, -0.2) is 4.79 Å². The fourth-order valence-electron chi connectivity index (χ4n) is 8.09. The minimum Gasteiger partial charge on any atom is -0.350 e. The van der Waals surface area contributed by atoms with Crippen molar-refractivity contribution in [2.75, 3.05) is 25.9 Å². The zero-order chi connectivity index (χ0) is 39.1. The van der Waals surface area contributed by atoms with Crippen LogP contribution in [0.3, 0.4) is 0 Å². The van der Waals surface area contributed by atoms with Gasteiger partial charge in [-0.3, -0.25) is 23.5 Å². The molecule has 3 rings (SSSR count). The Bertz CT molecular complexity index is 1090. The van der Waals surface area contributed by atoms with Crippen molar-refractivity contribution < 1.29 is 28.2 Å². The first-order valence-corrected chi connectivity index (χ1v) is 22.0. The van der Waals surface area contributed by atoms with Crippen LogP contribution in [0.4, 0.5) is 4.79 Å². The highest BCUT2D eigenvalue weighted by Crippen LogP contribution is 2.34. The lowest BCUT2D eigenvalue weighted by Gasteiger charge is -2.40. The molecule has 2 heterocycles. The Morgan fingerprint density at radius 1 is 0.865 bits per heavy atom. The molecule has 11 nitrogen and oxygen atoms in total. The standard InChI is InChI=1S/C20H36N2O3S.C17H31N3O3.C3H8/c1-3-12-20(13-4-2,18-11-8-14-26(18)25)22-19(24)21-17(15-23)16-9-6-5-7-10-16;1-5-8-12(3)11-13(15(21)17(23)18-6-2)19-16(22)14-9-7-10-20(14)4;1-3-2/h15-18H,3-14H2,1-2H3,(H2,21,22,24);12-14H,5-11H2,1-4H3,(H,18,23)(H,19,22);3H2,1-2H3/t;12?,13?,14-;/m.0./s1. The Kier molecular flexibility index (Phi) is 24.2. The predicted octanol–water partition coefficient (Wildman–Crippen LogP) is 6.20. The second kappa shape index (κ2) is 26.4. The molecule has 5 unspecified atom stereocenters. The number of carbonyl (C=O) groups excluding carboxylic acids is 5. The van der Waals surface area contributed by atoms with Crippen LogP contribution in [-0.2, 0) is 30.0 Å². The molecule has 0 aromatic carbocycles. The van der Waals surface area contributed by atoms with Crippen LogP contribution in [0.5, 0.6) is 0 Å². The van der Waals surface area contributed by atoms with E-state index in [4.69, 9.17) is 0 Å². The number of Topliss-reactive ketones (excluding diaryl/α,β-unsaturated/α-hetero) is 1. The average Bonchev–Trinajstić information content (AvgIpc) is 3.76. The van der Waals surface area contributed by atoms with Crippen LogP contribution >= 0.6 is 0 Å². The van der Waals surface area contributed by atoms with E-state index in [2.05, 4.69) is 62.8 Å². The molecule has 1 saturated carbocycles. The number of urea groups is 1. The lowest BCUT2D eigenvalue weighted by Crippen LogP contribution is -2.61. The molecule has 0 spiro atoms. The largest absolute Gasteiger partial charge is 0.350 e. The molecule has 0 aromatic heterocycles. The van der Waals surface area contributed by atoms with Crippen LogP contribution in [-0.4, -0.2) is 93.8 Å². The van der Waals surface area contributed by atoms with E-state index in [9.17, 15) is 28.2 Å². The number of ketones is 1. The highest BCUT2D eigenvalue weighted by molar-refractivity contribution is 7.86. The Labute approximate surface area is 318 Å². The van der Waals surface area contributed by atoms with E-state index in [0.29, 0.717) is 13.0 Å². The normalized spacial score (nSPS) is 22.3. The molecular weight excluding hydrogens is 679 g/mol. The van der Waals surface area contributed by atoms with E-state index < -0.39 is 40.1 Å². The van der Waals surface area contributed by atoms with Crippen molar-refractivity contribution in [2.45, 2.75) is 187 Å². The summed E-state index contributed by atoms with van der Waals surface area (Å²) >= 11 is 0. The Hall–Kier alpha value is -2.34. The molecule has 6 atom stereocenters. The Morgan fingerprint density at radius 3 is 1.98 bits per heavy atom. The summed E-state index contributed by atoms with van der Waals surface area (Å²) in [6.45, 7) is 15.7. The molecule has 52 heavy (non-hydrogen) atoms. The summed E-state index contributed by atoms with van der Waals surface area (Å²) in [6, 6.07) is -1.60. The minimum atomic E-state index is -0.880. The molecule has 4 N–H and O–H groups in total. The number of rotatable bonds is 18. The maximum absolute atomic E-state index is 12.8. The first kappa shape index (κ1) is 47.7. The second-order valence-electron chi connectivity index (χ2n) is 15.3. The van der Waals surface area contributed by atoms with Gasteiger partial charge in [-0.1, -0.05) is 92.9 Å². The number of carbonyl (C=O) groups is 5. The molecule has 302 valence electrons. The molecule has 0 aromatic rings. The summed E-state index contributed by atoms with van der Waals surface area (Å²) < 4.78 is 12.6. The third kappa shape index (κ3) is 15.9. The van der Waals surface area contributed by atoms with Crippen molar-refractivity contribution in [3.8, 4) is 0 Å². The average molecular weight is 754 g/mol. The lowest BCUT2D eigenvalue weighted by molar-refractivity contribution is -0.140. The van der Waals surface area contributed by atoms with E-state index in [-0.39, 0.29) is 35.1 Å². The number of likely N-dealkylation sites (tertiary alicyclic amines) is 1. The van der Waals surface area contributed by atoms with Crippen LogP contribution in [0.1, 0.15) is 158 Å². The number of nitrogens with one attached hydrogen (secondary N) is 4. The Balaban J connectivity index is 0.000000487. The first-order chi connectivity index (χ1) is 24.9. The summed E-state index contributed by atoms with van der Waals surface area (Å²) in [5.74, 6) is -0.0203. The fraction of sp³-hybridized carbons (Fsp3) is 0.875. The third-order valence-electron chi connectivity index (χ3n) is 10.5. The summed E-state index contributed by atoms with van der Waals surface area (Å²) in [6.07, 6.45) is 17.3. The molecule has 1 aliphatic carbocycles. The van der Waals surface area contributed by atoms with Crippen molar-refractivity contribution in [1.29, 1.82) is 0 Å². The van der Waals surface area contributed by atoms with E-state index in [1.54, 1.807) is 6.92 Å². The molecule has 3 fully saturated rings. The molecule has 2 aliphatic heterocycles. The third-order valence-corrected chi connectivity index (χ3v) is 12.6. The van der Waals surface area contributed by atoms with Gasteiger partial charge in [0.15, 0.2) is 0 Å². The number of hydrogen-bond donors (Lipinski definition) is 4. The van der Waals surface area contributed by atoms with Gasteiger partial charge in [-0.15, -0.1) is 0 Å². The van der Waals surface area contributed by atoms with Gasteiger partial charge in [-0.05, 0) is 90.1 Å². The van der Waals surface area contributed by atoms with Crippen LogP contribution < -0.4 is 21.3 Å². The van der Waals surface area contributed by atoms with E-state index in [1.165, 1.54) is 12.8 Å². The van der Waals surface area contributed by atoms with Gasteiger partial charge in [-0.2, -0.15) is 0 Å². The van der Waals surface area contributed by atoms with E-state index in [1.807, 2.05) is 11.9 Å². The van der Waals surface area contributed by atoms with Crippen molar-refractivity contribution in [1.82, 2.24) is 26.2 Å². The lowest BCUT2D eigenvalue weighted by atomic mass is 9.83. The number of nitrogens with zero attached hydrogens (tertiary/aromatic N) is 1. The molecule has 0 bridgehead atoms. The highest BCUT2D eigenvalue weighted by atomic mass is 32.2. The van der Waals surface area contributed by atoms with Gasteiger partial charge in [0.05, 0.1) is 28.9 Å². The van der Waals surface area contributed by atoms with E-state index >= 15 is 0 Å². The monoisotopic (exact) mass is 754 g/mol. The van der Waals surface area contributed by atoms with Gasteiger partial charge in [0, 0.05) is 23.1 Å². The van der Waals surface area contributed by atoms with Crippen molar-refractivity contribution in [3.63, 3.8) is 0 Å². The van der Waals surface area contributed by atoms with Crippen LogP contribution in [0.15, 0.2) is 0 Å². The van der Waals surface area contributed by atoms with E-state index in [0.717, 1.165) is 108 Å². The summed E-state index contributed by atoms with van der Waals surface area (Å²) in [7, 11) is 1.03. The molecule has 4 amide bonds. The fourth-order valence-corrected chi connectivity index (χ4v) is 10.1. The Morgan fingerprint density at radius 2 is 1.50 bits per heavy atom. The predicted molar refractivity (Wildman–Crippen MR) is 213 cm³/mol. The smallest absolute Gasteiger partial charge is 0.315 e. The SMILES string of the molecule is CCC.CCCC(C)CC(NC(=O)[C@@H]1CCCN1C)C(=O)C(=O)NCC.CCCC(CCC)(NC(=O)NC(C=O)C1CCCCC1)C1CCCS1=O. The number of amides is 4. The van der Waals surface area contributed by atoms with Gasteiger partial charge in [0.2, 0.25) is 11.7 Å². The molecule has 3 aliphatic rings. The maximum atomic E-state index is 12.8. The highest BCUT2D eigenvalue weighted by Gasteiger charge is 2.44. The number of hydrogen-bond acceptors (Lipinski definition) is 7. The van der Waals surface area contributed by atoms with Gasteiger partial charge >= 0.3 is 6.03 Å². The van der Waals surface area contributed by atoms with Gasteiger partial charge < -0.3 is 26.1 Å². The summed E-state index contributed by atoms with van der Waals surface area (Å²) in [5.41, 5.74) is -0.422. The molecule has 2 saturated heterocycles. The van der Waals surface area contributed by atoms with Crippen LogP contribution in [0.25, 0.3) is 0 Å². The van der Waals surface area contributed by atoms with Crippen LogP contribution in [0.2, 0.25) is 0 Å². The number of aldehydes is 1. The molecular formula is C40H75N5O6S. The van der Waals surface area contributed by atoms with Gasteiger partial charge in [0.25, 0.3) is 5.91 Å². The quantitative estimate of drug-likeness (QED) is 0.0961. The first-order valence-electron chi connectivity index (χ1n) is 20.6. The topological polar surface area (TPSA) is 154 Å². The minimum absolute atomic E-state index is 0.0255. The van der Waals surface area contributed by atoms with Crippen molar-refractivity contribution in [2.24, 2.45) is 11.8 Å². The van der Waals surface area contributed by atoms with Crippen molar-refractivity contribution in [3.05, 3.63) is 0 Å².